The van der Waals surface area contributed by atoms with Crippen molar-refractivity contribution in [3.8, 4) is 0 Å². The van der Waals surface area contributed by atoms with Crippen LogP contribution >= 0.6 is 0 Å². The highest BCUT2D eigenvalue weighted by atomic mass is 16.3. The lowest BCUT2D eigenvalue weighted by molar-refractivity contribution is 0.105. The van der Waals surface area contributed by atoms with E-state index >= 15 is 0 Å². The van der Waals surface area contributed by atoms with Gasteiger partial charge in [0.1, 0.15) is 0 Å². The van der Waals surface area contributed by atoms with Crippen LogP contribution in [-0.4, -0.2) is 74.4 Å². The number of hydrogen-bond donors (Lipinski definition) is 2. The molecule has 0 aromatic rings. The second-order valence-corrected chi connectivity index (χ2v) is 4.66. The van der Waals surface area contributed by atoms with E-state index in [9.17, 15) is 5.11 Å². The van der Waals surface area contributed by atoms with Gasteiger partial charge in [-0.25, -0.2) is 0 Å². The molecule has 2 N–H and O–H groups in total. The summed E-state index contributed by atoms with van der Waals surface area (Å²) in [6.07, 6.45) is 2.45. The Morgan fingerprint density at radius 2 is 2.00 bits per heavy atom. The number of likely N-dealkylation sites (N-methyl/N-ethyl adjacent to an activating group) is 1. The van der Waals surface area contributed by atoms with Gasteiger partial charge in [-0.3, -0.25) is 0 Å². The lowest BCUT2D eigenvalue weighted by atomic mass is 10.0. The molecule has 0 aliphatic carbocycles. The summed E-state index contributed by atoms with van der Waals surface area (Å²) in [5.41, 5.74) is 0. The van der Waals surface area contributed by atoms with E-state index in [0.29, 0.717) is 6.04 Å². The van der Waals surface area contributed by atoms with Gasteiger partial charge in [-0.05, 0) is 47.1 Å². The molecule has 1 rings (SSSR count). The van der Waals surface area contributed by atoms with Crippen LogP contribution in [-0.2, 0) is 0 Å². The topological polar surface area (TPSA) is 38.7 Å². The number of rotatable bonds is 5. The number of aliphatic hydroxyl groups excluding tert-OH is 1. The molecular formula is C11H25N3O. The minimum absolute atomic E-state index is 0.249. The van der Waals surface area contributed by atoms with Crippen molar-refractivity contribution in [3.63, 3.8) is 0 Å². The van der Waals surface area contributed by atoms with Crippen molar-refractivity contribution < 1.29 is 5.11 Å². The first kappa shape index (κ1) is 12.9. The van der Waals surface area contributed by atoms with E-state index in [2.05, 4.69) is 15.1 Å². The Balaban J connectivity index is 2.28. The zero-order valence-electron chi connectivity index (χ0n) is 10.2. The van der Waals surface area contributed by atoms with Crippen LogP contribution in [0.1, 0.15) is 12.8 Å². The molecule has 1 heterocycles. The van der Waals surface area contributed by atoms with Crippen molar-refractivity contribution in [1.82, 2.24) is 15.1 Å². The van der Waals surface area contributed by atoms with Crippen LogP contribution < -0.4 is 5.32 Å². The second kappa shape index (κ2) is 6.43. The molecule has 0 amide bonds. The summed E-state index contributed by atoms with van der Waals surface area (Å²) < 4.78 is 0. The zero-order valence-corrected chi connectivity index (χ0v) is 10.2. The summed E-state index contributed by atoms with van der Waals surface area (Å²) in [7, 11) is 6.10. The molecule has 0 bridgehead atoms. The third-order valence-electron chi connectivity index (χ3n) is 3.41. The van der Waals surface area contributed by atoms with Crippen LogP contribution in [0.5, 0.6) is 0 Å². The van der Waals surface area contributed by atoms with E-state index in [1.165, 1.54) is 12.8 Å². The molecule has 0 radical (unpaired) electrons. The maximum atomic E-state index is 9.24. The summed E-state index contributed by atoms with van der Waals surface area (Å²) in [6.45, 7) is 3.53. The Morgan fingerprint density at radius 3 is 2.40 bits per heavy atom. The first-order valence-corrected chi connectivity index (χ1v) is 5.84. The van der Waals surface area contributed by atoms with Gasteiger partial charge < -0.3 is 20.2 Å². The molecule has 1 unspecified atom stereocenters. The largest absolute Gasteiger partial charge is 0.395 e. The fraction of sp³-hybridized carbons (Fsp3) is 1.00. The van der Waals surface area contributed by atoms with Gasteiger partial charge in [-0.2, -0.15) is 0 Å². The third-order valence-corrected chi connectivity index (χ3v) is 3.41. The Kier molecular flexibility index (Phi) is 5.53. The fourth-order valence-corrected chi connectivity index (χ4v) is 2.09. The van der Waals surface area contributed by atoms with Crippen LogP contribution in [0.2, 0.25) is 0 Å². The minimum atomic E-state index is 0.249. The van der Waals surface area contributed by atoms with E-state index < -0.39 is 0 Å². The first-order valence-electron chi connectivity index (χ1n) is 5.84. The fourth-order valence-electron chi connectivity index (χ4n) is 2.09. The van der Waals surface area contributed by atoms with Crippen molar-refractivity contribution in [3.05, 3.63) is 0 Å². The van der Waals surface area contributed by atoms with Crippen LogP contribution in [0.3, 0.4) is 0 Å². The molecule has 0 spiro atoms. The van der Waals surface area contributed by atoms with Gasteiger partial charge in [-0.15, -0.1) is 0 Å². The number of likely N-dealkylation sites (tertiary alicyclic amines) is 1. The molecule has 0 saturated carbocycles. The van der Waals surface area contributed by atoms with Gasteiger partial charge in [0, 0.05) is 18.6 Å². The molecule has 1 aliphatic rings. The van der Waals surface area contributed by atoms with Crippen molar-refractivity contribution in [2.75, 3.05) is 47.4 Å². The van der Waals surface area contributed by atoms with Crippen LogP contribution in [0.15, 0.2) is 0 Å². The van der Waals surface area contributed by atoms with E-state index in [1.807, 2.05) is 21.1 Å². The van der Waals surface area contributed by atoms with Crippen molar-refractivity contribution in [2.24, 2.45) is 0 Å². The van der Waals surface area contributed by atoms with Gasteiger partial charge in [-0.1, -0.05) is 0 Å². The molecule has 1 saturated heterocycles. The van der Waals surface area contributed by atoms with E-state index in [-0.39, 0.29) is 12.6 Å². The number of nitrogens with zero attached hydrogens (tertiary/aromatic N) is 2. The summed E-state index contributed by atoms with van der Waals surface area (Å²) in [5.74, 6) is 0. The number of aliphatic hydroxyl groups is 1. The van der Waals surface area contributed by atoms with Gasteiger partial charge in [0.05, 0.1) is 6.61 Å². The highest BCUT2D eigenvalue weighted by molar-refractivity contribution is 4.79. The maximum absolute atomic E-state index is 9.24. The summed E-state index contributed by atoms with van der Waals surface area (Å²) in [6, 6.07) is 0.962. The van der Waals surface area contributed by atoms with Crippen molar-refractivity contribution in [2.45, 2.75) is 24.9 Å². The highest BCUT2D eigenvalue weighted by Crippen LogP contribution is 2.10. The van der Waals surface area contributed by atoms with Crippen molar-refractivity contribution >= 4 is 0 Å². The quantitative estimate of drug-likeness (QED) is 0.654. The Morgan fingerprint density at radius 1 is 1.40 bits per heavy atom. The number of piperidine rings is 1. The molecule has 1 aliphatic heterocycles. The van der Waals surface area contributed by atoms with Gasteiger partial charge in [0.2, 0.25) is 0 Å². The monoisotopic (exact) mass is 215 g/mol. The maximum Gasteiger partial charge on any atom is 0.0599 e. The number of hydrogen-bond acceptors (Lipinski definition) is 4. The lowest BCUT2D eigenvalue weighted by Gasteiger charge is -2.35. The second-order valence-electron chi connectivity index (χ2n) is 4.66. The van der Waals surface area contributed by atoms with E-state index in [4.69, 9.17) is 0 Å². The van der Waals surface area contributed by atoms with Gasteiger partial charge in [0.25, 0.3) is 0 Å². The molecule has 4 nitrogen and oxygen atoms in total. The summed E-state index contributed by atoms with van der Waals surface area (Å²) in [5, 5.41) is 12.6. The predicted molar refractivity (Wildman–Crippen MR) is 63.1 cm³/mol. The molecule has 0 aromatic heterocycles. The summed E-state index contributed by atoms with van der Waals surface area (Å²) in [4.78, 5) is 4.55. The van der Waals surface area contributed by atoms with Crippen LogP contribution in [0.25, 0.3) is 0 Å². The Labute approximate surface area is 93.2 Å². The highest BCUT2D eigenvalue weighted by Gasteiger charge is 2.21. The normalized spacial score (nSPS) is 22.2. The Bertz CT molecular complexity index is 167. The standard InChI is InChI=1S/C11H25N3O/c1-12-10-4-6-14(7-5-10)8-11(9-15)13(2)3/h10-12,15H,4-9H2,1-3H3. The predicted octanol–water partition coefficient (Wildman–Crippen LogP) is -0.407. The molecule has 90 valence electrons. The Hall–Kier alpha value is -0.160. The van der Waals surface area contributed by atoms with E-state index in [0.717, 1.165) is 19.6 Å². The van der Waals surface area contributed by atoms with Crippen molar-refractivity contribution in [1.29, 1.82) is 0 Å². The smallest absolute Gasteiger partial charge is 0.0599 e. The molecule has 0 aromatic carbocycles. The van der Waals surface area contributed by atoms with Gasteiger partial charge >= 0.3 is 0 Å². The average molecular weight is 215 g/mol. The summed E-state index contributed by atoms with van der Waals surface area (Å²) >= 11 is 0. The molecule has 1 fully saturated rings. The molecule has 1 atom stereocenters. The van der Waals surface area contributed by atoms with Crippen LogP contribution in [0.4, 0.5) is 0 Å². The molecule has 4 heteroatoms. The van der Waals surface area contributed by atoms with E-state index in [1.54, 1.807) is 0 Å². The zero-order chi connectivity index (χ0) is 11.3. The molecular weight excluding hydrogens is 190 g/mol. The minimum Gasteiger partial charge on any atom is -0.395 e. The van der Waals surface area contributed by atoms with Gasteiger partial charge in [0.15, 0.2) is 0 Å². The first-order chi connectivity index (χ1) is 7.17. The lowest BCUT2D eigenvalue weighted by Crippen LogP contribution is -2.48. The third kappa shape index (κ3) is 4.07. The van der Waals surface area contributed by atoms with Crippen LogP contribution in [0, 0.1) is 0 Å². The SMILES string of the molecule is CNC1CCN(CC(CO)N(C)C)CC1. The average Bonchev–Trinajstić information content (AvgIpc) is 2.26. The number of nitrogens with one attached hydrogen (secondary N) is 1. The molecule has 15 heavy (non-hydrogen) atoms.